The summed E-state index contributed by atoms with van der Waals surface area (Å²) in [5.41, 5.74) is 3.08. The van der Waals surface area contributed by atoms with Gasteiger partial charge in [0, 0.05) is 19.0 Å². The molecule has 0 aliphatic carbocycles. The van der Waals surface area contributed by atoms with Gasteiger partial charge >= 0.3 is 0 Å². The third-order valence-electron chi connectivity index (χ3n) is 4.01. The Labute approximate surface area is 127 Å². The molecule has 112 valence electrons. The highest BCUT2D eigenvalue weighted by Gasteiger charge is 2.22. The molecule has 0 saturated carbocycles. The lowest BCUT2D eigenvalue weighted by Crippen LogP contribution is -2.34. The van der Waals surface area contributed by atoms with Crippen molar-refractivity contribution in [3.63, 3.8) is 0 Å². The summed E-state index contributed by atoms with van der Waals surface area (Å²) >= 11 is 5.78. The maximum atomic E-state index is 5.92. The lowest BCUT2D eigenvalue weighted by Gasteiger charge is -2.29. The van der Waals surface area contributed by atoms with Crippen LogP contribution in [-0.4, -0.2) is 25.6 Å². The molecular formula is C17H26ClNO. The van der Waals surface area contributed by atoms with E-state index in [0.29, 0.717) is 5.41 Å². The molecule has 1 unspecified atom stereocenters. The SMILES string of the molecule is CC(C)(CCCCl)CNCC1OCCc2ccccc21. The fraction of sp³-hybridized carbons (Fsp3) is 0.647. The van der Waals surface area contributed by atoms with Crippen LogP contribution in [0.2, 0.25) is 0 Å². The second-order valence-electron chi connectivity index (χ2n) is 6.40. The number of alkyl halides is 1. The zero-order valence-corrected chi connectivity index (χ0v) is 13.4. The zero-order valence-electron chi connectivity index (χ0n) is 12.6. The Bertz CT molecular complexity index is 419. The molecule has 2 nitrogen and oxygen atoms in total. The van der Waals surface area contributed by atoms with Crippen LogP contribution >= 0.6 is 11.6 Å². The van der Waals surface area contributed by atoms with E-state index in [1.807, 2.05) is 0 Å². The van der Waals surface area contributed by atoms with Crippen molar-refractivity contribution in [1.29, 1.82) is 0 Å². The minimum Gasteiger partial charge on any atom is -0.372 e. The van der Waals surface area contributed by atoms with E-state index >= 15 is 0 Å². The molecule has 0 aromatic heterocycles. The summed E-state index contributed by atoms with van der Waals surface area (Å²) in [5.74, 6) is 0.753. The van der Waals surface area contributed by atoms with Gasteiger partial charge in [-0.1, -0.05) is 38.1 Å². The van der Waals surface area contributed by atoms with Crippen LogP contribution in [0.3, 0.4) is 0 Å². The first kappa shape index (κ1) is 15.8. The van der Waals surface area contributed by atoms with Crippen LogP contribution in [0.1, 0.15) is 43.9 Å². The van der Waals surface area contributed by atoms with Crippen molar-refractivity contribution in [1.82, 2.24) is 5.32 Å². The van der Waals surface area contributed by atoms with Gasteiger partial charge in [-0.15, -0.1) is 11.6 Å². The predicted octanol–water partition coefficient (Wildman–Crippen LogP) is 3.94. The van der Waals surface area contributed by atoms with Crippen molar-refractivity contribution in [3.8, 4) is 0 Å². The van der Waals surface area contributed by atoms with Crippen LogP contribution in [0.4, 0.5) is 0 Å². The van der Waals surface area contributed by atoms with E-state index < -0.39 is 0 Å². The maximum Gasteiger partial charge on any atom is 0.0952 e. The Morgan fingerprint density at radius 1 is 1.35 bits per heavy atom. The number of hydrogen-bond donors (Lipinski definition) is 1. The van der Waals surface area contributed by atoms with Crippen LogP contribution in [0.5, 0.6) is 0 Å². The van der Waals surface area contributed by atoms with Gasteiger partial charge in [0.2, 0.25) is 0 Å². The number of halogens is 1. The van der Waals surface area contributed by atoms with Gasteiger partial charge in [0.05, 0.1) is 12.7 Å². The average molecular weight is 296 g/mol. The molecule has 0 fully saturated rings. The number of rotatable bonds is 7. The van der Waals surface area contributed by atoms with Crippen molar-refractivity contribution in [3.05, 3.63) is 35.4 Å². The standard InChI is InChI=1S/C17H26ClNO/c1-17(2,9-5-10-18)13-19-12-16-15-7-4-3-6-14(15)8-11-20-16/h3-4,6-7,16,19H,5,8-13H2,1-2H3. The molecule has 0 spiro atoms. The Hall–Kier alpha value is -0.570. The predicted molar refractivity (Wildman–Crippen MR) is 85.4 cm³/mol. The van der Waals surface area contributed by atoms with Gasteiger partial charge in [0.15, 0.2) is 0 Å². The van der Waals surface area contributed by atoms with Crippen LogP contribution in [0.15, 0.2) is 24.3 Å². The highest BCUT2D eigenvalue weighted by molar-refractivity contribution is 6.17. The number of ether oxygens (including phenoxy) is 1. The number of benzene rings is 1. The van der Waals surface area contributed by atoms with E-state index in [0.717, 1.165) is 44.8 Å². The molecule has 1 N–H and O–H groups in total. The summed E-state index contributed by atoms with van der Waals surface area (Å²) in [6.45, 7) is 7.32. The van der Waals surface area contributed by atoms with Crippen molar-refractivity contribution >= 4 is 11.6 Å². The van der Waals surface area contributed by atoms with Crippen molar-refractivity contribution < 1.29 is 4.74 Å². The molecule has 1 aromatic carbocycles. The number of hydrogen-bond acceptors (Lipinski definition) is 2. The minimum atomic E-state index is 0.198. The molecule has 0 amide bonds. The smallest absolute Gasteiger partial charge is 0.0952 e. The van der Waals surface area contributed by atoms with Crippen LogP contribution in [0, 0.1) is 5.41 Å². The monoisotopic (exact) mass is 295 g/mol. The molecule has 0 bridgehead atoms. The summed E-state index contributed by atoms with van der Waals surface area (Å²) in [5, 5.41) is 3.58. The third-order valence-corrected chi connectivity index (χ3v) is 4.28. The Kier molecular flexibility index (Phi) is 5.88. The fourth-order valence-electron chi connectivity index (χ4n) is 2.82. The molecular weight excluding hydrogens is 270 g/mol. The molecule has 20 heavy (non-hydrogen) atoms. The molecule has 1 aromatic rings. The van der Waals surface area contributed by atoms with Gasteiger partial charge in [-0.2, -0.15) is 0 Å². The Balaban J connectivity index is 1.83. The van der Waals surface area contributed by atoms with Crippen molar-refractivity contribution in [2.75, 3.05) is 25.6 Å². The van der Waals surface area contributed by atoms with Crippen LogP contribution in [0.25, 0.3) is 0 Å². The lowest BCUT2D eigenvalue weighted by molar-refractivity contribution is 0.0409. The molecule has 0 radical (unpaired) electrons. The molecule has 2 rings (SSSR count). The van der Waals surface area contributed by atoms with Gasteiger partial charge < -0.3 is 10.1 Å². The average Bonchev–Trinajstić information content (AvgIpc) is 2.45. The molecule has 1 aliphatic heterocycles. The van der Waals surface area contributed by atoms with E-state index in [-0.39, 0.29) is 6.10 Å². The molecule has 1 heterocycles. The van der Waals surface area contributed by atoms with Crippen molar-refractivity contribution in [2.45, 2.75) is 39.2 Å². The topological polar surface area (TPSA) is 21.3 Å². The normalized spacial score (nSPS) is 18.9. The van der Waals surface area contributed by atoms with Gasteiger partial charge in [-0.05, 0) is 35.8 Å². The summed E-state index contributed by atoms with van der Waals surface area (Å²) in [6, 6.07) is 8.63. The van der Waals surface area contributed by atoms with E-state index in [2.05, 4.69) is 43.4 Å². The Morgan fingerprint density at radius 2 is 2.15 bits per heavy atom. The summed E-state index contributed by atoms with van der Waals surface area (Å²) in [4.78, 5) is 0. The molecule has 0 saturated heterocycles. The second-order valence-corrected chi connectivity index (χ2v) is 6.77. The zero-order chi connectivity index (χ0) is 14.4. The van der Waals surface area contributed by atoms with Gasteiger partial charge in [-0.25, -0.2) is 0 Å². The third kappa shape index (κ3) is 4.47. The number of fused-ring (bicyclic) bond motifs is 1. The van der Waals surface area contributed by atoms with Gasteiger partial charge in [0.25, 0.3) is 0 Å². The van der Waals surface area contributed by atoms with Gasteiger partial charge in [0.1, 0.15) is 0 Å². The Morgan fingerprint density at radius 3 is 2.95 bits per heavy atom. The van der Waals surface area contributed by atoms with E-state index in [9.17, 15) is 0 Å². The molecule has 1 atom stereocenters. The summed E-state index contributed by atoms with van der Waals surface area (Å²) < 4.78 is 5.92. The second kappa shape index (κ2) is 7.44. The van der Waals surface area contributed by atoms with Crippen LogP contribution < -0.4 is 5.32 Å². The lowest BCUT2D eigenvalue weighted by atomic mass is 9.88. The minimum absolute atomic E-state index is 0.198. The quantitative estimate of drug-likeness (QED) is 0.770. The van der Waals surface area contributed by atoms with E-state index in [1.54, 1.807) is 0 Å². The fourth-order valence-corrected chi connectivity index (χ4v) is 2.95. The summed E-state index contributed by atoms with van der Waals surface area (Å²) in [7, 11) is 0. The van der Waals surface area contributed by atoms with Gasteiger partial charge in [-0.3, -0.25) is 0 Å². The van der Waals surface area contributed by atoms with E-state index in [4.69, 9.17) is 16.3 Å². The highest BCUT2D eigenvalue weighted by atomic mass is 35.5. The highest BCUT2D eigenvalue weighted by Crippen LogP contribution is 2.27. The first-order valence-electron chi connectivity index (χ1n) is 7.58. The van der Waals surface area contributed by atoms with E-state index in [1.165, 1.54) is 11.1 Å². The van der Waals surface area contributed by atoms with Crippen molar-refractivity contribution in [2.24, 2.45) is 5.41 Å². The number of nitrogens with one attached hydrogen (secondary N) is 1. The maximum absolute atomic E-state index is 5.92. The first-order chi connectivity index (χ1) is 9.62. The molecule has 1 aliphatic rings. The van der Waals surface area contributed by atoms with Crippen LogP contribution in [-0.2, 0) is 11.2 Å². The summed E-state index contributed by atoms with van der Waals surface area (Å²) in [6.07, 6.45) is 3.47. The largest absolute Gasteiger partial charge is 0.372 e. The molecule has 3 heteroatoms. The first-order valence-corrected chi connectivity index (χ1v) is 8.12.